The van der Waals surface area contributed by atoms with Crippen molar-refractivity contribution in [2.75, 3.05) is 19.0 Å². The Morgan fingerprint density at radius 2 is 1.53 bits per heavy atom. The first kappa shape index (κ1) is 22.1. The fourth-order valence-electron chi connectivity index (χ4n) is 5.22. The Morgan fingerprint density at radius 3 is 2.22 bits per heavy atom. The molecule has 0 saturated heterocycles. The molecule has 0 fully saturated rings. The van der Waals surface area contributed by atoms with E-state index < -0.39 is 0 Å². The highest BCUT2D eigenvalue weighted by Gasteiger charge is 2.42. The highest BCUT2D eigenvalue weighted by atomic mass is 15.2. The van der Waals surface area contributed by atoms with Gasteiger partial charge in [0.05, 0.1) is 5.41 Å². The molecule has 0 bridgehead atoms. The van der Waals surface area contributed by atoms with E-state index in [-0.39, 0.29) is 10.8 Å². The summed E-state index contributed by atoms with van der Waals surface area (Å²) in [5.74, 6) is 0. The van der Waals surface area contributed by atoms with Crippen LogP contribution in [0.2, 0.25) is 0 Å². The van der Waals surface area contributed by atoms with Gasteiger partial charge in [-0.2, -0.15) is 4.58 Å². The first-order valence-electron chi connectivity index (χ1n) is 11.4. The second-order valence-electron chi connectivity index (χ2n) is 9.97. The zero-order chi connectivity index (χ0) is 23.1. The van der Waals surface area contributed by atoms with Crippen molar-refractivity contribution in [1.82, 2.24) is 0 Å². The van der Waals surface area contributed by atoms with Gasteiger partial charge in [0.15, 0.2) is 5.71 Å². The quantitative estimate of drug-likeness (QED) is 0.377. The normalized spacial score (nSPS) is 20.7. The third kappa shape index (κ3) is 3.58. The molecule has 0 amide bonds. The van der Waals surface area contributed by atoms with Crippen molar-refractivity contribution in [2.45, 2.75) is 45.4 Å². The van der Waals surface area contributed by atoms with Gasteiger partial charge >= 0.3 is 0 Å². The largest absolute Gasteiger partial charge is 0.347 e. The number of nitrogens with zero attached hydrogens (tertiary/aromatic N) is 2. The average Bonchev–Trinajstić information content (AvgIpc) is 3.09. The Bertz CT molecular complexity index is 1200. The number of hydrogen-bond acceptors (Lipinski definition) is 1. The lowest BCUT2D eigenvalue weighted by Gasteiger charge is -2.23. The molecule has 2 heteroatoms. The van der Waals surface area contributed by atoms with Gasteiger partial charge in [-0.3, -0.25) is 0 Å². The van der Waals surface area contributed by atoms with Gasteiger partial charge in [-0.05, 0) is 38.5 Å². The van der Waals surface area contributed by atoms with E-state index in [4.69, 9.17) is 0 Å². The molecule has 0 spiro atoms. The summed E-state index contributed by atoms with van der Waals surface area (Å²) >= 11 is 0. The number of para-hydroxylation sites is 2. The Labute approximate surface area is 193 Å². The van der Waals surface area contributed by atoms with E-state index in [1.807, 2.05) is 0 Å². The lowest BCUT2D eigenvalue weighted by atomic mass is 9.81. The molecule has 0 radical (unpaired) electrons. The maximum Gasteiger partial charge on any atom is 0.209 e. The van der Waals surface area contributed by atoms with E-state index in [1.54, 1.807) is 0 Å². The smallest absolute Gasteiger partial charge is 0.209 e. The number of likely N-dealkylation sites (N-methyl/N-ethyl adjacent to an activating group) is 1. The minimum absolute atomic E-state index is 0.00995. The number of anilines is 1. The number of benzene rings is 2. The molecule has 0 aliphatic carbocycles. The first-order chi connectivity index (χ1) is 15.2. The molecular weight excluding hydrogens is 388 g/mol. The number of rotatable bonds is 4. The van der Waals surface area contributed by atoms with Gasteiger partial charge < -0.3 is 4.90 Å². The molecule has 2 aliphatic heterocycles. The Morgan fingerprint density at radius 1 is 0.875 bits per heavy atom. The number of hydrogen-bond donors (Lipinski definition) is 0. The lowest BCUT2D eigenvalue weighted by molar-refractivity contribution is -0.401. The monoisotopic (exact) mass is 423 g/mol. The maximum atomic E-state index is 2.31. The Balaban J connectivity index is 1.51. The third-order valence-electron chi connectivity index (χ3n) is 7.11. The van der Waals surface area contributed by atoms with Crippen LogP contribution in [-0.4, -0.2) is 24.4 Å². The van der Waals surface area contributed by atoms with Gasteiger partial charge in [-0.25, -0.2) is 0 Å². The molecule has 0 N–H and O–H groups in total. The Hall–Kier alpha value is -3.13. The lowest BCUT2D eigenvalue weighted by Crippen LogP contribution is -2.26. The van der Waals surface area contributed by atoms with E-state index in [9.17, 15) is 0 Å². The van der Waals surface area contributed by atoms with E-state index >= 15 is 0 Å². The second kappa shape index (κ2) is 8.09. The summed E-state index contributed by atoms with van der Waals surface area (Å²) in [6.07, 6.45) is 13.2. The van der Waals surface area contributed by atoms with Crippen LogP contribution in [0.1, 0.15) is 45.7 Å². The standard InChI is InChI=1S/C30H35N2/c1-22(20-21-28-30(4,5)24-16-10-12-18-26(24)32(28)7)14-8-13-19-27-29(2,3)23-15-9-11-17-25(23)31(27)6/h8-21H,1-7H3/q+1. The van der Waals surface area contributed by atoms with Crippen LogP contribution in [0.25, 0.3) is 0 Å². The van der Waals surface area contributed by atoms with Gasteiger partial charge in [-0.1, -0.05) is 80.1 Å². The predicted molar refractivity (Wildman–Crippen MR) is 138 cm³/mol. The fourth-order valence-corrected chi connectivity index (χ4v) is 5.22. The molecule has 2 aliphatic rings. The molecule has 0 aromatic heterocycles. The fraction of sp³-hybridized carbons (Fsp3) is 0.300. The molecule has 4 rings (SSSR count). The molecule has 0 unspecified atom stereocenters. The van der Waals surface area contributed by atoms with Crippen molar-refractivity contribution in [3.8, 4) is 0 Å². The molecular formula is C30H35N2+. The number of allylic oxidation sites excluding steroid dienone is 8. The summed E-state index contributed by atoms with van der Waals surface area (Å²) in [5, 5.41) is 0. The summed E-state index contributed by atoms with van der Waals surface area (Å²) in [5.41, 5.74) is 9.27. The van der Waals surface area contributed by atoms with Crippen LogP contribution < -0.4 is 4.90 Å². The molecule has 2 heterocycles. The highest BCUT2D eigenvalue weighted by Crippen LogP contribution is 2.46. The Kier molecular flexibility index (Phi) is 5.58. The van der Waals surface area contributed by atoms with Crippen LogP contribution in [0, 0.1) is 0 Å². The van der Waals surface area contributed by atoms with Crippen LogP contribution in [0.4, 0.5) is 11.4 Å². The second-order valence-corrected chi connectivity index (χ2v) is 9.97. The topological polar surface area (TPSA) is 6.25 Å². The van der Waals surface area contributed by atoms with Gasteiger partial charge in [0.25, 0.3) is 0 Å². The summed E-state index contributed by atoms with van der Waals surface area (Å²) in [6, 6.07) is 17.4. The van der Waals surface area contributed by atoms with Crippen molar-refractivity contribution in [1.29, 1.82) is 0 Å². The predicted octanol–water partition coefficient (Wildman–Crippen LogP) is 7.06. The molecule has 2 nitrogen and oxygen atoms in total. The van der Waals surface area contributed by atoms with Crippen LogP contribution >= 0.6 is 0 Å². The van der Waals surface area contributed by atoms with Gasteiger partial charge in [0, 0.05) is 41.6 Å². The van der Waals surface area contributed by atoms with Crippen molar-refractivity contribution in [3.63, 3.8) is 0 Å². The van der Waals surface area contributed by atoms with Gasteiger partial charge in [0.2, 0.25) is 5.69 Å². The van der Waals surface area contributed by atoms with Gasteiger partial charge in [-0.15, -0.1) is 0 Å². The van der Waals surface area contributed by atoms with Crippen molar-refractivity contribution in [2.24, 2.45) is 0 Å². The van der Waals surface area contributed by atoms with Crippen molar-refractivity contribution < 1.29 is 4.58 Å². The molecule has 0 atom stereocenters. The molecule has 2 aromatic rings. The minimum Gasteiger partial charge on any atom is -0.347 e. The van der Waals surface area contributed by atoms with Crippen LogP contribution in [0.15, 0.2) is 96.3 Å². The average molecular weight is 424 g/mol. The third-order valence-corrected chi connectivity index (χ3v) is 7.11. The maximum absolute atomic E-state index is 2.31. The van der Waals surface area contributed by atoms with E-state index in [1.165, 1.54) is 39.5 Å². The SMILES string of the molecule is CC(/C=C/C1=[N+](C)c2ccccc2C1(C)C)=C\C=C\C=C1\N(C)c2ccccc2C1(C)C. The highest BCUT2D eigenvalue weighted by molar-refractivity contribution is 6.03. The molecule has 2 aromatic carbocycles. The zero-order valence-electron chi connectivity index (χ0n) is 20.5. The van der Waals surface area contributed by atoms with Crippen LogP contribution in [0.3, 0.4) is 0 Å². The summed E-state index contributed by atoms with van der Waals surface area (Å²) in [4.78, 5) is 2.31. The number of fused-ring (bicyclic) bond motifs is 2. The molecule has 164 valence electrons. The summed E-state index contributed by atoms with van der Waals surface area (Å²) in [6.45, 7) is 11.4. The zero-order valence-corrected chi connectivity index (χ0v) is 20.5. The van der Waals surface area contributed by atoms with E-state index in [0.29, 0.717) is 0 Å². The molecule has 0 saturated carbocycles. The van der Waals surface area contributed by atoms with E-state index in [0.717, 1.165) is 0 Å². The van der Waals surface area contributed by atoms with Crippen molar-refractivity contribution >= 4 is 17.1 Å². The molecule has 32 heavy (non-hydrogen) atoms. The van der Waals surface area contributed by atoms with Gasteiger partial charge in [0.1, 0.15) is 7.05 Å². The van der Waals surface area contributed by atoms with Crippen LogP contribution in [0.5, 0.6) is 0 Å². The first-order valence-corrected chi connectivity index (χ1v) is 11.4. The minimum atomic E-state index is 0.00995. The van der Waals surface area contributed by atoms with Crippen molar-refractivity contribution in [3.05, 3.63) is 107 Å². The van der Waals surface area contributed by atoms with Crippen LogP contribution in [-0.2, 0) is 10.8 Å². The van der Waals surface area contributed by atoms with E-state index in [2.05, 4.69) is 143 Å². The summed E-state index contributed by atoms with van der Waals surface area (Å²) < 4.78 is 2.31. The summed E-state index contributed by atoms with van der Waals surface area (Å²) in [7, 11) is 4.32.